The maximum absolute atomic E-state index is 11.9. The van der Waals surface area contributed by atoms with Crippen molar-refractivity contribution in [2.75, 3.05) is 6.54 Å². The van der Waals surface area contributed by atoms with Crippen LogP contribution in [0.3, 0.4) is 0 Å². The van der Waals surface area contributed by atoms with Gasteiger partial charge in [0.05, 0.1) is 11.6 Å². The Labute approximate surface area is 99.1 Å². The van der Waals surface area contributed by atoms with Crippen LogP contribution in [0.5, 0.6) is 0 Å². The second-order valence-electron chi connectivity index (χ2n) is 4.05. The quantitative estimate of drug-likeness (QED) is 0.819. The van der Waals surface area contributed by atoms with Crippen LogP contribution in [-0.4, -0.2) is 33.4 Å². The lowest BCUT2D eigenvalue weighted by atomic mass is 10.2. The van der Waals surface area contributed by atoms with Crippen molar-refractivity contribution in [3.63, 3.8) is 0 Å². The van der Waals surface area contributed by atoms with Crippen molar-refractivity contribution in [1.29, 1.82) is 0 Å². The second kappa shape index (κ2) is 4.55. The van der Waals surface area contributed by atoms with Crippen LogP contribution in [0.4, 0.5) is 0 Å². The molecule has 5 nitrogen and oxygen atoms in total. The number of aromatic nitrogens is 2. The molecule has 0 radical (unpaired) electrons. The van der Waals surface area contributed by atoms with Gasteiger partial charge in [-0.2, -0.15) is 5.10 Å². The van der Waals surface area contributed by atoms with Gasteiger partial charge in [0.2, 0.25) is 0 Å². The molecule has 5 heteroatoms. The second-order valence-corrected chi connectivity index (χ2v) is 4.05. The summed E-state index contributed by atoms with van der Waals surface area (Å²) < 4.78 is 1.67. The minimum atomic E-state index is -0.561. The summed E-state index contributed by atoms with van der Waals surface area (Å²) in [5.41, 5.74) is 1.30. The molecule has 0 aliphatic carbocycles. The van der Waals surface area contributed by atoms with E-state index in [4.69, 9.17) is 5.11 Å². The van der Waals surface area contributed by atoms with Crippen LogP contribution in [0.25, 0.3) is 10.9 Å². The number of amides is 1. The lowest BCUT2D eigenvalue weighted by Gasteiger charge is -2.05. The maximum atomic E-state index is 11.9. The Hall–Kier alpha value is -1.88. The predicted octanol–water partition coefficient (Wildman–Crippen LogP) is 0.684. The number of benzene rings is 1. The molecule has 1 aromatic carbocycles. The largest absolute Gasteiger partial charge is 0.392 e. The zero-order chi connectivity index (χ0) is 12.4. The zero-order valence-electron chi connectivity index (χ0n) is 9.84. The van der Waals surface area contributed by atoms with E-state index in [-0.39, 0.29) is 12.5 Å². The fraction of sp³-hybridized carbons (Fsp3) is 0.333. The van der Waals surface area contributed by atoms with Gasteiger partial charge < -0.3 is 10.4 Å². The molecule has 1 amide bonds. The van der Waals surface area contributed by atoms with Gasteiger partial charge in [-0.15, -0.1) is 0 Å². The number of rotatable bonds is 3. The van der Waals surface area contributed by atoms with Gasteiger partial charge in [-0.1, -0.05) is 18.2 Å². The molecule has 1 aromatic heterocycles. The summed E-state index contributed by atoms with van der Waals surface area (Å²) in [4.78, 5) is 11.9. The highest BCUT2D eigenvalue weighted by atomic mass is 16.3. The topological polar surface area (TPSA) is 67.2 Å². The van der Waals surface area contributed by atoms with E-state index in [1.165, 1.54) is 0 Å². The van der Waals surface area contributed by atoms with E-state index in [0.29, 0.717) is 5.69 Å². The van der Waals surface area contributed by atoms with Crippen molar-refractivity contribution in [1.82, 2.24) is 15.1 Å². The van der Waals surface area contributed by atoms with Crippen molar-refractivity contribution in [3.8, 4) is 0 Å². The molecule has 0 spiro atoms. The van der Waals surface area contributed by atoms with Crippen LogP contribution in [0, 0.1) is 0 Å². The third-order valence-corrected chi connectivity index (χ3v) is 2.53. The molecule has 2 rings (SSSR count). The smallest absolute Gasteiger partial charge is 0.272 e. The number of aliphatic hydroxyl groups excluding tert-OH is 1. The van der Waals surface area contributed by atoms with E-state index in [0.717, 1.165) is 10.9 Å². The van der Waals surface area contributed by atoms with Gasteiger partial charge in [0.25, 0.3) is 5.91 Å². The zero-order valence-corrected chi connectivity index (χ0v) is 9.84. The normalized spacial score (nSPS) is 12.6. The molecular weight excluding hydrogens is 218 g/mol. The number of nitrogens with one attached hydrogen (secondary N) is 1. The van der Waals surface area contributed by atoms with E-state index < -0.39 is 6.10 Å². The number of carbonyl (C=O) groups excluding carboxylic acids is 1. The van der Waals surface area contributed by atoms with E-state index in [1.807, 2.05) is 24.3 Å². The number of hydrogen-bond donors (Lipinski definition) is 2. The molecule has 0 aliphatic rings. The molecule has 0 aliphatic heterocycles. The Balaban J connectivity index is 2.32. The third-order valence-electron chi connectivity index (χ3n) is 2.53. The molecule has 1 unspecified atom stereocenters. The average Bonchev–Trinajstić information content (AvgIpc) is 2.65. The lowest BCUT2D eigenvalue weighted by Crippen LogP contribution is -2.31. The van der Waals surface area contributed by atoms with Crippen molar-refractivity contribution in [2.45, 2.75) is 13.0 Å². The standard InChI is InChI=1S/C12H15N3O2/c1-8(16)7-13-12(17)11-9-5-3-4-6-10(9)15(2)14-11/h3-6,8,16H,7H2,1-2H3,(H,13,17). The summed E-state index contributed by atoms with van der Waals surface area (Å²) in [6.45, 7) is 1.85. The first-order valence-electron chi connectivity index (χ1n) is 5.47. The minimum absolute atomic E-state index is 0.226. The summed E-state index contributed by atoms with van der Waals surface area (Å²) in [6.07, 6.45) is -0.561. The van der Waals surface area contributed by atoms with Crippen molar-refractivity contribution in [2.24, 2.45) is 7.05 Å². The number of aliphatic hydroxyl groups is 1. The number of hydrogen-bond acceptors (Lipinski definition) is 3. The lowest BCUT2D eigenvalue weighted by molar-refractivity contribution is 0.0920. The van der Waals surface area contributed by atoms with Crippen LogP contribution >= 0.6 is 0 Å². The first-order valence-corrected chi connectivity index (χ1v) is 5.47. The molecule has 90 valence electrons. The number of aryl methyl sites for hydroxylation is 1. The Morgan fingerprint density at radius 2 is 2.24 bits per heavy atom. The van der Waals surface area contributed by atoms with Crippen LogP contribution in [0.2, 0.25) is 0 Å². The fourth-order valence-corrected chi connectivity index (χ4v) is 1.71. The van der Waals surface area contributed by atoms with E-state index in [2.05, 4.69) is 10.4 Å². The van der Waals surface area contributed by atoms with Crippen molar-refractivity contribution >= 4 is 16.8 Å². The Morgan fingerprint density at radius 3 is 2.94 bits per heavy atom. The molecule has 2 aromatic rings. The Morgan fingerprint density at radius 1 is 1.53 bits per heavy atom. The molecule has 0 bridgehead atoms. The Kier molecular flexibility index (Phi) is 3.10. The van der Waals surface area contributed by atoms with Crippen molar-refractivity contribution < 1.29 is 9.90 Å². The van der Waals surface area contributed by atoms with Gasteiger partial charge in [0.15, 0.2) is 5.69 Å². The SMILES string of the molecule is CC(O)CNC(=O)c1nn(C)c2ccccc12. The van der Waals surface area contributed by atoms with Gasteiger partial charge >= 0.3 is 0 Å². The van der Waals surface area contributed by atoms with Gasteiger partial charge in [-0.05, 0) is 13.0 Å². The van der Waals surface area contributed by atoms with Crippen molar-refractivity contribution in [3.05, 3.63) is 30.0 Å². The summed E-state index contributed by atoms with van der Waals surface area (Å²) in [5.74, 6) is -0.261. The number of carbonyl (C=O) groups is 1. The first kappa shape index (κ1) is 11.6. The van der Waals surface area contributed by atoms with E-state index in [9.17, 15) is 4.79 Å². The average molecular weight is 233 g/mol. The number of para-hydroxylation sites is 1. The highest BCUT2D eigenvalue weighted by Gasteiger charge is 2.15. The summed E-state index contributed by atoms with van der Waals surface area (Å²) in [7, 11) is 1.80. The van der Waals surface area contributed by atoms with Gasteiger partial charge in [0, 0.05) is 19.0 Å². The number of nitrogens with zero attached hydrogens (tertiary/aromatic N) is 2. The Bertz CT molecular complexity index is 546. The highest BCUT2D eigenvalue weighted by molar-refractivity contribution is 6.04. The molecule has 1 atom stereocenters. The molecular formula is C12H15N3O2. The highest BCUT2D eigenvalue weighted by Crippen LogP contribution is 2.16. The summed E-state index contributed by atoms with van der Waals surface area (Å²) in [5, 5.41) is 16.8. The van der Waals surface area contributed by atoms with E-state index in [1.54, 1.807) is 18.7 Å². The fourth-order valence-electron chi connectivity index (χ4n) is 1.71. The number of fused-ring (bicyclic) bond motifs is 1. The monoisotopic (exact) mass is 233 g/mol. The van der Waals surface area contributed by atoms with Gasteiger partial charge in [-0.3, -0.25) is 9.48 Å². The molecule has 2 N–H and O–H groups in total. The van der Waals surface area contributed by atoms with Gasteiger partial charge in [0.1, 0.15) is 0 Å². The predicted molar refractivity (Wildman–Crippen MR) is 64.7 cm³/mol. The maximum Gasteiger partial charge on any atom is 0.272 e. The van der Waals surface area contributed by atoms with Gasteiger partial charge in [-0.25, -0.2) is 0 Å². The van der Waals surface area contributed by atoms with Crippen LogP contribution in [-0.2, 0) is 7.05 Å². The first-order chi connectivity index (χ1) is 8.09. The molecule has 1 heterocycles. The molecule has 17 heavy (non-hydrogen) atoms. The molecule has 0 fully saturated rings. The molecule has 0 saturated carbocycles. The minimum Gasteiger partial charge on any atom is -0.392 e. The van der Waals surface area contributed by atoms with Crippen LogP contribution < -0.4 is 5.32 Å². The van der Waals surface area contributed by atoms with E-state index >= 15 is 0 Å². The van der Waals surface area contributed by atoms with Crippen LogP contribution in [0.1, 0.15) is 17.4 Å². The summed E-state index contributed by atoms with van der Waals surface area (Å²) >= 11 is 0. The summed E-state index contributed by atoms with van der Waals surface area (Å²) in [6, 6.07) is 7.55. The third kappa shape index (κ3) is 2.29. The van der Waals surface area contributed by atoms with Crippen LogP contribution in [0.15, 0.2) is 24.3 Å². The molecule has 0 saturated heterocycles.